The largest absolute Gasteiger partial charge is 0.378 e. The van der Waals surface area contributed by atoms with Crippen molar-refractivity contribution in [1.29, 1.82) is 0 Å². The van der Waals surface area contributed by atoms with Crippen LogP contribution in [0, 0.1) is 11.6 Å². The van der Waals surface area contributed by atoms with E-state index in [2.05, 4.69) is 5.32 Å². The first kappa shape index (κ1) is 23.2. The third-order valence-electron chi connectivity index (χ3n) is 5.05. The minimum Gasteiger partial charge on any atom is -0.378 e. The Kier molecular flexibility index (Phi) is 7.12. The van der Waals surface area contributed by atoms with Crippen molar-refractivity contribution in [2.24, 2.45) is 5.73 Å². The molecule has 0 saturated carbocycles. The van der Waals surface area contributed by atoms with Gasteiger partial charge < -0.3 is 16.2 Å². The zero-order chi connectivity index (χ0) is 23.4. The number of carbonyl (C=O) groups excluding carboxylic acids is 3. The molecule has 7 nitrogen and oxygen atoms in total. The van der Waals surface area contributed by atoms with Gasteiger partial charge >= 0.3 is 0 Å². The Morgan fingerprint density at radius 2 is 1.75 bits per heavy atom. The van der Waals surface area contributed by atoms with E-state index in [1.54, 1.807) is 6.08 Å². The lowest BCUT2D eigenvalue weighted by Gasteiger charge is -2.30. The molecule has 168 valence electrons. The van der Waals surface area contributed by atoms with Crippen LogP contribution in [0.5, 0.6) is 0 Å². The summed E-state index contributed by atoms with van der Waals surface area (Å²) in [5.41, 5.74) is 6.11. The number of nitrogens with zero attached hydrogens (tertiary/aromatic N) is 1. The second-order valence-electron chi connectivity index (χ2n) is 7.52. The van der Waals surface area contributed by atoms with E-state index in [9.17, 15) is 28.3 Å². The number of nitrogens with one attached hydrogen (secondary N) is 1. The monoisotopic (exact) mass is 443 g/mol. The summed E-state index contributed by atoms with van der Waals surface area (Å²) < 4.78 is 27.2. The number of amides is 3. The SMILES string of the molecule is C[C@H](N)C(=O)N(C(=O)[C@@H](O)c1cc(F)cc(F)c1)[C@H]1C=CCC(c2ccccc2)NC1=O. The fourth-order valence-electron chi connectivity index (χ4n) is 3.46. The number of carbonyl (C=O) groups is 3. The molecule has 0 aromatic heterocycles. The van der Waals surface area contributed by atoms with Gasteiger partial charge in [0.25, 0.3) is 5.91 Å². The minimum absolute atomic E-state index is 0.393. The van der Waals surface area contributed by atoms with Gasteiger partial charge in [0.05, 0.1) is 12.1 Å². The third kappa shape index (κ3) is 5.06. The highest BCUT2D eigenvalue weighted by molar-refractivity contribution is 6.04. The van der Waals surface area contributed by atoms with Crippen molar-refractivity contribution in [3.8, 4) is 0 Å². The van der Waals surface area contributed by atoms with E-state index >= 15 is 0 Å². The second kappa shape index (κ2) is 9.80. The minimum atomic E-state index is -2.09. The van der Waals surface area contributed by atoms with E-state index in [1.165, 1.54) is 13.0 Å². The van der Waals surface area contributed by atoms with Crippen molar-refractivity contribution in [1.82, 2.24) is 10.2 Å². The molecule has 3 amide bonds. The quantitative estimate of drug-likeness (QED) is 0.611. The highest BCUT2D eigenvalue weighted by Crippen LogP contribution is 2.24. The fraction of sp³-hybridized carbons (Fsp3) is 0.261. The Labute approximate surface area is 183 Å². The molecule has 0 radical (unpaired) electrons. The molecule has 4 N–H and O–H groups in total. The van der Waals surface area contributed by atoms with Gasteiger partial charge in [-0.1, -0.05) is 42.5 Å². The van der Waals surface area contributed by atoms with Crippen LogP contribution in [0.1, 0.15) is 36.6 Å². The molecule has 32 heavy (non-hydrogen) atoms. The normalized spacial score (nSPS) is 20.1. The van der Waals surface area contributed by atoms with Gasteiger partial charge in [-0.3, -0.25) is 19.3 Å². The smallest absolute Gasteiger partial charge is 0.263 e. The number of hydrogen-bond donors (Lipinski definition) is 3. The Morgan fingerprint density at radius 1 is 1.12 bits per heavy atom. The lowest BCUT2D eigenvalue weighted by atomic mass is 10.0. The maximum absolute atomic E-state index is 13.6. The zero-order valence-electron chi connectivity index (χ0n) is 17.2. The van der Waals surface area contributed by atoms with Gasteiger partial charge in [-0.05, 0) is 36.6 Å². The van der Waals surface area contributed by atoms with Crippen molar-refractivity contribution < 1.29 is 28.3 Å². The molecule has 1 aliphatic heterocycles. The summed E-state index contributed by atoms with van der Waals surface area (Å²) in [6.45, 7) is 1.32. The van der Waals surface area contributed by atoms with Crippen molar-refractivity contribution in [3.63, 3.8) is 0 Å². The average molecular weight is 443 g/mol. The Morgan fingerprint density at radius 3 is 2.34 bits per heavy atom. The van der Waals surface area contributed by atoms with Crippen LogP contribution in [0.4, 0.5) is 8.78 Å². The molecule has 0 aliphatic carbocycles. The van der Waals surface area contributed by atoms with Crippen LogP contribution >= 0.6 is 0 Å². The second-order valence-corrected chi connectivity index (χ2v) is 7.52. The molecule has 3 rings (SSSR count). The Hall–Kier alpha value is -3.43. The number of aliphatic hydroxyl groups excluding tert-OH is 1. The lowest BCUT2D eigenvalue weighted by molar-refractivity contribution is -0.156. The summed E-state index contributed by atoms with van der Waals surface area (Å²) >= 11 is 0. The molecule has 0 spiro atoms. The molecule has 0 bridgehead atoms. The number of halogens is 2. The molecule has 0 fully saturated rings. The first-order valence-corrected chi connectivity index (χ1v) is 9.97. The van der Waals surface area contributed by atoms with Crippen LogP contribution < -0.4 is 11.1 Å². The lowest BCUT2D eigenvalue weighted by Crippen LogP contribution is -2.56. The number of rotatable bonds is 5. The summed E-state index contributed by atoms with van der Waals surface area (Å²) in [5, 5.41) is 13.3. The van der Waals surface area contributed by atoms with Crippen LogP contribution in [0.2, 0.25) is 0 Å². The predicted molar refractivity (Wildman–Crippen MR) is 112 cm³/mol. The van der Waals surface area contributed by atoms with Crippen molar-refractivity contribution in [2.45, 2.75) is 37.6 Å². The summed E-state index contributed by atoms with van der Waals surface area (Å²) in [4.78, 5) is 39.4. The van der Waals surface area contributed by atoms with Gasteiger partial charge in [0, 0.05) is 6.07 Å². The molecule has 1 unspecified atom stereocenters. The summed E-state index contributed by atoms with van der Waals surface area (Å²) in [6.07, 6.45) is 1.33. The summed E-state index contributed by atoms with van der Waals surface area (Å²) in [5.74, 6) is -4.81. The van der Waals surface area contributed by atoms with Gasteiger partial charge in [-0.15, -0.1) is 0 Å². The van der Waals surface area contributed by atoms with Crippen LogP contribution in [-0.4, -0.2) is 39.8 Å². The molecule has 2 aromatic rings. The molecular formula is C23H23F2N3O4. The molecule has 2 aromatic carbocycles. The van der Waals surface area contributed by atoms with E-state index < -0.39 is 59.1 Å². The highest BCUT2D eigenvalue weighted by atomic mass is 19.1. The van der Waals surface area contributed by atoms with E-state index in [1.807, 2.05) is 30.3 Å². The molecule has 1 heterocycles. The maximum atomic E-state index is 13.6. The number of imide groups is 1. The van der Waals surface area contributed by atoms with Gasteiger partial charge in [-0.25, -0.2) is 8.78 Å². The molecule has 4 atom stereocenters. The molecule has 9 heteroatoms. The van der Waals surface area contributed by atoms with Crippen molar-refractivity contribution >= 4 is 17.7 Å². The fourth-order valence-corrected chi connectivity index (χ4v) is 3.46. The maximum Gasteiger partial charge on any atom is 0.263 e. The van der Waals surface area contributed by atoms with Gasteiger partial charge in [-0.2, -0.15) is 0 Å². The molecule has 0 saturated heterocycles. The topological polar surface area (TPSA) is 113 Å². The zero-order valence-corrected chi connectivity index (χ0v) is 17.2. The standard InChI is InChI=1S/C23H23F2N3O4/c1-13(26)22(31)28(23(32)20(29)15-10-16(24)12-17(25)11-15)19-9-5-8-18(27-21(19)30)14-6-3-2-4-7-14/h2-7,9-13,18-20,29H,8,26H2,1H3,(H,27,30)/t13-,18?,19-,20-/m0/s1. The van der Waals surface area contributed by atoms with Gasteiger partial charge in [0.15, 0.2) is 6.10 Å². The first-order chi connectivity index (χ1) is 15.2. The van der Waals surface area contributed by atoms with Crippen LogP contribution in [0.3, 0.4) is 0 Å². The number of benzene rings is 2. The number of hydrogen-bond acceptors (Lipinski definition) is 5. The van der Waals surface area contributed by atoms with Crippen LogP contribution in [0.25, 0.3) is 0 Å². The molecular weight excluding hydrogens is 420 g/mol. The summed E-state index contributed by atoms with van der Waals surface area (Å²) in [7, 11) is 0. The van der Waals surface area contributed by atoms with Gasteiger partial charge in [0.1, 0.15) is 17.7 Å². The number of nitrogens with two attached hydrogens (primary N) is 1. The van der Waals surface area contributed by atoms with E-state index in [0.717, 1.165) is 17.7 Å². The number of aliphatic hydroxyl groups is 1. The average Bonchev–Trinajstić information content (AvgIpc) is 2.95. The predicted octanol–water partition coefficient (Wildman–Crippen LogP) is 1.89. The summed E-state index contributed by atoms with van der Waals surface area (Å²) in [6, 6.07) is 8.28. The van der Waals surface area contributed by atoms with E-state index in [-0.39, 0.29) is 0 Å². The Balaban J connectivity index is 1.92. The van der Waals surface area contributed by atoms with Crippen molar-refractivity contribution in [3.05, 3.63) is 83.4 Å². The van der Waals surface area contributed by atoms with Crippen LogP contribution in [0.15, 0.2) is 60.7 Å². The Bertz CT molecular complexity index is 1020. The third-order valence-corrected chi connectivity index (χ3v) is 5.05. The highest BCUT2D eigenvalue weighted by Gasteiger charge is 2.39. The molecule has 1 aliphatic rings. The van der Waals surface area contributed by atoms with Gasteiger partial charge in [0.2, 0.25) is 11.8 Å². The van der Waals surface area contributed by atoms with E-state index in [0.29, 0.717) is 17.4 Å². The van der Waals surface area contributed by atoms with Crippen molar-refractivity contribution in [2.75, 3.05) is 0 Å². The first-order valence-electron chi connectivity index (χ1n) is 9.97. The van der Waals surface area contributed by atoms with E-state index in [4.69, 9.17) is 5.73 Å². The van der Waals surface area contributed by atoms with Crippen LogP contribution in [-0.2, 0) is 14.4 Å².